The molecule has 0 radical (unpaired) electrons. The topological polar surface area (TPSA) is 77.6 Å². The molecule has 3 aromatic rings. The van der Waals surface area contributed by atoms with Gasteiger partial charge in [-0.1, -0.05) is 0 Å². The summed E-state index contributed by atoms with van der Waals surface area (Å²) in [5.74, 6) is 0.584. The van der Waals surface area contributed by atoms with Crippen LogP contribution in [0.5, 0.6) is 0 Å². The highest BCUT2D eigenvalue weighted by Gasteiger charge is 2.17. The van der Waals surface area contributed by atoms with E-state index in [1.165, 1.54) is 0 Å². The van der Waals surface area contributed by atoms with Crippen LogP contribution in [-0.2, 0) is 13.6 Å². The Bertz CT molecular complexity index is 802. The first kappa shape index (κ1) is 14.5. The summed E-state index contributed by atoms with van der Waals surface area (Å²) >= 11 is 1.54. The van der Waals surface area contributed by atoms with E-state index in [1.807, 2.05) is 36.9 Å². The highest BCUT2D eigenvalue weighted by atomic mass is 32.1. The molecule has 3 aromatic heterocycles. The summed E-state index contributed by atoms with van der Waals surface area (Å²) in [7, 11) is 1.84. The quantitative estimate of drug-likeness (QED) is 0.793. The molecule has 1 amide bonds. The summed E-state index contributed by atoms with van der Waals surface area (Å²) in [5.41, 5.74) is 2.51. The predicted molar refractivity (Wildman–Crippen MR) is 83.1 cm³/mol. The molecule has 0 aromatic carbocycles. The van der Waals surface area contributed by atoms with Crippen molar-refractivity contribution >= 4 is 17.2 Å². The molecular weight excluding hydrogens is 300 g/mol. The number of aromatic nitrogens is 5. The number of nitrogens with zero attached hydrogens (tertiary/aromatic N) is 5. The fourth-order valence-electron chi connectivity index (χ4n) is 2.34. The first-order valence-electron chi connectivity index (χ1n) is 6.78. The maximum absolute atomic E-state index is 12.4. The molecule has 8 heteroatoms. The highest BCUT2D eigenvalue weighted by Crippen LogP contribution is 2.22. The third kappa shape index (κ3) is 2.52. The smallest absolute Gasteiger partial charge is 0.253 e. The Labute approximate surface area is 131 Å². The van der Waals surface area contributed by atoms with Crippen LogP contribution in [0.15, 0.2) is 24.0 Å². The van der Waals surface area contributed by atoms with Gasteiger partial charge in [-0.3, -0.25) is 9.36 Å². The third-order valence-corrected chi connectivity index (χ3v) is 4.26. The van der Waals surface area contributed by atoms with Gasteiger partial charge in [-0.25, -0.2) is 4.98 Å². The average molecular weight is 316 g/mol. The van der Waals surface area contributed by atoms with E-state index in [9.17, 15) is 4.79 Å². The van der Waals surface area contributed by atoms with Crippen molar-refractivity contribution in [2.24, 2.45) is 7.05 Å². The molecule has 7 nitrogen and oxygen atoms in total. The van der Waals surface area contributed by atoms with Gasteiger partial charge in [0.15, 0.2) is 11.0 Å². The molecule has 0 unspecified atom stereocenters. The van der Waals surface area contributed by atoms with E-state index in [2.05, 4.69) is 20.5 Å². The van der Waals surface area contributed by atoms with Crippen molar-refractivity contribution in [3.8, 4) is 5.13 Å². The van der Waals surface area contributed by atoms with Crippen LogP contribution in [0.25, 0.3) is 5.13 Å². The van der Waals surface area contributed by atoms with Gasteiger partial charge in [-0.05, 0) is 19.9 Å². The lowest BCUT2D eigenvalue weighted by Gasteiger charge is -2.06. The van der Waals surface area contributed by atoms with Gasteiger partial charge in [0.2, 0.25) is 0 Å². The van der Waals surface area contributed by atoms with Crippen LogP contribution in [0.2, 0.25) is 0 Å². The van der Waals surface area contributed by atoms with Crippen molar-refractivity contribution in [1.29, 1.82) is 0 Å². The number of amides is 1. The molecule has 0 saturated carbocycles. The number of nitrogens with one attached hydrogen (secondary N) is 1. The van der Waals surface area contributed by atoms with Crippen LogP contribution in [0.4, 0.5) is 0 Å². The average Bonchev–Trinajstić information content (AvgIpc) is 3.18. The van der Waals surface area contributed by atoms with Gasteiger partial charge in [0.25, 0.3) is 5.91 Å². The van der Waals surface area contributed by atoms with Crippen molar-refractivity contribution in [1.82, 2.24) is 29.6 Å². The summed E-state index contributed by atoms with van der Waals surface area (Å²) in [6.45, 7) is 4.23. The molecule has 0 aliphatic heterocycles. The molecule has 0 spiro atoms. The number of aryl methyl sites for hydroxylation is 2. The van der Waals surface area contributed by atoms with E-state index in [4.69, 9.17) is 0 Å². The largest absolute Gasteiger partial charge is 0.345 e. The summed E-state index contributed by atoms with van der Waals surface area (Å²) in [4.78, 5) is 16.7. The standard InChI is InChI=1S/C14H16N6OS/c1-9-6-11(10(2)20(9)14-15-4-5-22-14)13(21)16-7-12-18-17-8-19(12)3/h4-6,8H,7H2,1-3H3,(H,16,21). The first-order valence-corrected chi connectivity index (χ1v) is 7.65. The van der Waals surface area contributed by atoms with Crippen LogP contribution in [0, 0.1) is 13.8 Å². The Hall–Kier alpha value is -2.48. The summed E-state index contributed by atoms with van der Waals surface area (Å²) in [5, 5.41) is 13.4. The molecule has 0 aliphatic rings. The lowest BCUT2D eigenvalue weighted by Crippen LogP contribution is -2.24. The number of hydrogen-bond donors (Lipinski definition) is 1. The molecule has 0 aliphatic carbocycles. The number of carbonyl (C=O) groups excluding carboxylic acids is 1. The minimum atomic E-state index is -0.126. The summed E-state index contributed by atoms with van der Waals surface area (Å²) < 4.78 is 3.76. The number of hydrogen-bond acceptors (Lipinski definition) is 5. The molecule has 3 heterocycles. The second-order valence-corrected chi connectivity index (χ2v) is 5.85. The maximum Gasteiger partial charge on any atom is 0.253 e. The Morgan fingerprint density at radius 1 is 1.41 bits per heavy atom. The number of thiazole rings is 1. The molecule has 0 saturated heterocycles. The molecular formula is C14H16N6OS. The van der Waals surface area contributed by atoms with Gasteiger partial charge < -0.3 is 9.88 Å². The molecule has 1 N–H and O–H groups in total. The van der Waals surface area contributed by atoms with Crippen LogP contribution in [0.3, 0.4) is 0 Å². The van der Waals surface area contributed by atoms with Gasteiger partial charge in [0.05, 0.1) is 12.1 Å². The lowest BCUT2D eigenvalue weighted by atomic mass is 10.2. The van der Waals surface area contributed by atoms with Gasteiger partial charge in [-0.15, -0.1) is 21.5 Å². The van der Waals surface area contributed by atoms with E-state index in [0.29, 0.717) is 17.9 Å². The van der Waals surface area contributed by atoms with Crippen LogP contribution < -0.4 is 5.32 Å². The van der Waals surface area contributed by atoms with Crippen LogP contribution in [-0.4, -0.2) is 30.2 Å². The van der Waals surface area contributed by atoms with Crippen molar-refractivity contribution in [3.63, 3.8) is 0 Å². The summed E-state index contributed by atoms with van der Waals surface area (Å²) in [6.07, 6.45) is 3.36. The number of carbonyl (C=O) groups is 1. The maximum atomic E-state index is 12.4. The van der Waals surface area contributed by atoms with Gasteiger partial charge >= 0.3 is 0 Å². The van der Waals surface area contributed by atoms with E-state index in [-0.39, 0.29) is 5.91 Å². The van der Waals surface area contributed by atoms with Crippen molar-refractivity contribution in [3.05, 3.63) is 46.7 Å². The minimum absolute atomic E-state index is 0.126. The number of rotatable bonds is 4. The van der Waals surface area contributed by atoms with Gasteiger partial charge in [0.1, 0.15) is 6.33 Å². The van der Waals surface area contributed by atoms with E-state index in [0.717, 1.165) is 16.5 Å². The van der Waals surface area contributed by atoms with Crippen molar-refractivity contribution in [2.45, 2.75) is 20.4 Å². The molecule has 114 valence electrons. The Morgan fingerprint density at radius 2 is 2.23 bits per heavy atom. The monoisotopic (exact) mass is 316 g/mol. The molecule has 22 heavy (non-hydrogen) atoms. The molecule has 0 atom stereocenters. The predicted octanol–water partition coefficient (Wildman–Crippen LogP) is 1.61. The van der Waals surface area contributed by atoms with E-state index >= 15 is 0 Å². The van der Waals surface area contributed by atoms with Crippen molar-refractivity contribution in [2.75, 3.05) is 0 Å². The Balaban J connectivity index is 1.82. The second kappa shape index (κ2) is 5.72. The second-order valence-electron chi connectivity index (χ2n) is 4.98. The molecule has 0 bridgehead atoms. The zero-order valence-electron chi connectivity index (χ0n) is 12.6. The van der Waals surface area contributed by atoms with Crippen LogP contribution in [0.1, 0.15) is 27.6 Å². The first-order chi connectivity index (χ1) is 10.6. The van der Waals surface area contributed by atoms with Crippen molar-refractivity contribution < 1.29 is 4.79 Å². The van der Waals surface area contributed by atoms with Gasteiger partial charge in [-0.2, -0.15) is 0 Å². The fourth-order valence-corrected chi connectivity index (χ4v) is 3.09. The SMILES string of the molecule is Cc1cc(C(=O)NCc2nncn2C)c(C)n1-c1nccs1. The van der Waals surface area contributed by atoms with E-state index < -0.39 is 0 Å². The van der Waals surface area contributed by atoms with Crippen LogP contribution >= 0.6 is 11.3 Å². The minimum Gasteiger partial charge on any atom is -0.345 e. The third-order valence-electron chi connectivity index (χ3n) is 3.50. The lowest BCUT2D eigenvalue weighted by molar-refractivity contribution is 0.0949. The fraction of sp³-hybridized carbons (Fsp3) is 0.286. The van der Waals surface area contributed by atoms with E-state index in [1.54, 1.807) is 28.4 Å². The highest BCUT2D eigenvalue weighted by molar-refractivity contribution is 7.12. The normalized spacial score (nSPS) is 10.9. The summed E-state index contributed by atoms with van der Waals surface area (Å²) in [6, 6.07) is 1.88. The van der Waals surface area contributed by atoms with Gasteiger partial charge in [0, 0.05) is 30.0 Å². The Kier molecular flexibility index (Phi) is 3.76. The molecule has 0 fully saturated rings. The zero-order chi connectivity index (χ0) is 15.7. The molecule has 3 rings (SSSR count). The zero-order valence-corrected chi connectivity index (χ0v) is 13.4. The Morgan fingerprint density at radius 3 is 2.86 bits per heavy atom.